The number of hydrogen-bond donors (Lipinski definition) is 1. The molecule has 1 aromatic rings. The molecule has 1 aliphatic rings. The molecule has 1 aromatic carbocycles. The van der Waals surface area contributed by atoms with E-state index >= 15 is 0 Å². The Morgan fingerprint density at radius 3 is 2.89 bits per heavy atom. The van der Waals surface area contributed by atoms with Gasteiger partial charge < -0.3 is 14.8 Å². The molecule has 0 radical (unpaired) electrons. The minimum Gasteiger partial charge on any atom is -0.494 e. The van der Waals surface area contributed by atoms with E-state index in [0.29, 0.717) is 6.04 Å². The van der Waals surface area contributed by atoms with Gasteiger partial charge in [-0.3, -0.25) is 0 Å². The average Bonchev–Trinajstić information content (AvgIpc) is 2.37. The first-order valence-electron chi connectivity index (χ1n) is 7.19. The van der Waals surface area contributed by atoms with Crippen molar-refractivity contribution >= 4 is 0 Å². The normalized spacial score (nSPS) is 20.5. The van der Waals surface area contributed by atoms with Gasteiger partial charge >= 0.3 is 0 Å². The zero-order valence-electron chi connectivity index (χ0n) is 12.5. The zero-order valence-corrected chi connectivity index (χ0v) is 12.5. The lowest BCUT2D eigenvalue weighted by atomic mass is 9.90. The first-order valence-corrected chi connectivity index (χ1v) is 7.19. The standard InChI is InChI=1S/C16H25NO2/c1-5-6-9-18-12-7-8-15-13(10-12)14(17-4)11-16(2,3)19-15/h7-8,10,14,17H,5-6,9,11H2,1-4H3. The molecule has 106 valence electrons. The van der Waals surface area contributed by atoms with E-state index in [-0.39, 0.29) is 5.60 Å². The Kier molecular flexibility index (Phi) is 4.35. The molecule has 0 aliphatic carbocycles. The van der Waals surface area contributed by atoms with Crippen molar-refractivity contribution in [3.8, 4) is 11.5 Å². The molecule has 1 atom stereocenters. The Morgan fingerprint density at radius 1 is 1.42 bits per heavy atom. The maximum atomic E-state index is 6.04. The van der Waals surface area contributed by atoms with Crippen molar-refractivity contribution in [3.63, 3.8) is 0 Å². The van der Waals surface area contributed by atoms with Gasteiger partial charge in [0.25, 0.3) is 0 Å². The summed E-state index contributed by atoms with van der Waals surface area (Å²) in [7, 11) is 2.00. The first kappa shape index (κ1) is 14.2. The maximum absolute atomic E-state index is 6.04. The van der Waals surface area contributed by atoms with Crippen LogP contribution in [0.4, 0.5) is 0 Å². The van der Waals surface area contributed by atoms with Gasteiger partial charge in [0.1, 0.15) is 17.1 Å². The second kappa shape index (κ2) is 5.83. The van der Waals surface area contributed by atoms with Crippen molar-refractivity contribution in [1.29, 1.82) is 0 Å². The summed E-state index contributed by atoms with van der Waals surface area (Å²) in [4.78, 5) is 0. The molecule has 0 fully saturated rings. The summed E-state index contributed by atoms with van der Waals surface area (Å²) in [5, 5.41) is 3.37. The van der Waals surface area contributed by atoms with Crippen molar-refractivity contribution in [2.45, 2.75) is 51.7 Å². The van der Waals surface area contributed by atoms with Crippen LogP contribution >= 0.6 is 0 Å². The Labute approximate surface area is 116 Å². The number of rotatable bonds is 5. The Hall–Kier alpha value is -1.22. The lowest BCUT2D eigenvalue weighted by molar-refractivity contribution is 0.0673. The van der Waals surface area contributed by atoms with E-state index in [0.717, 1.165) is 37.4 Å². The number of fused-ring (bicyclic) bond motifs is 1. The van der Waals surface area contributed by atoms with Crippen LogP contribution in [0, 0.1) is 0 Å². The fourth-order valence-corrected chi connectivity index (χ4v) is 2.51. The highest BCUT2D eigenvalue weighted by Crippen LogP contribution is 2.40. The largest absolute Gasteiger partial charge is 0.494 e. The molecule has 2 rings (SSSR count). The van der Waals surface area contributed by atoms with Crippen LogP contribution in [0.25, 0.3) is 0 Å². The zero-order chi connectivity index (χ0) is 13.9. The van der Waals surface area contributed by atoms with Gasteiger partial charge in [-0.2, -0.15) is 0 Å². The Balaban J connectivity index is 2.18. The van der Waals surface area contributed by atoms with Crippen LogP contribution < -0.4 is 14.8 Å². The Morgan fingerprint density at radius 2 is 2.21 bits per heavy atom. The lowest BCUT2D eigenvalue weighted by Gasteiger charge is -2.37. The number of ether oxygens (including phenoxy) is 2. The molecule has 0 aromatic heterocycles. The van der Waals surface area contributed by atoms with Gasteiger partial charge in [0.05, 0.1) is 6.61 Å². The third kappa shape index (κ3) is 3.41. The third-order valence-corrected chi connectivity index (χ3v) is 3.55. The summed E-state index contributed by atoms with van der Waals surface area (Å²) in [5.41, 5.74) is 1.08. The average molecular weight is 263 g/mol. The monoisotopic (exact) mass is 263 g/mol. The molecule has 0 saturated carbocycles. The van der Waals surface area contributed by atoms with E-state index in [4.69, 9.17) is 9.47 Å². The molecule has 0 saturated heterocycles. The van der Waals surface area contributed by atoms with Crippen LogP contribution in [0.5, 0.6) is 11.5 Å². The van der Waals surface area contributed by atoms with Crippen LogP contribution in [-0.2, 0) is 0 Å². The molecule has 3 nitrogen and oxygen atoms in total. The lowest BCUT2D eigenvalue weighted by Crippen LogP contribution is -2.38. The minimum absolute atomic E-state index is 0.120. The summed E-state index contributed by atoms with van der Waals surface area (Å²) in [6, 6.07) is 6.47. The second-order valence-electron chi connectivity index (χ2n) is 5.81. The molecule has 1 unspecified atom stereocenters. The molecule has 0 spiro atoms. The molecule has 0 bridgehead atoms. The number of hydrogen-bond acceptors (Lipinski definition) is 3. The van der Waals surface area contributed by atoms with E-state index < -0.39 is 0 Å². The fourth-order valence-electron chi connectivity index (χ4n) is 2.51. The van der Waals surface area contributed by atoms with Gasteiger partial charge in [0.2, 0.25) is 0 Å². The predicted octanol–water partition coefficient (Wildman–Crippen LogP) is 3.69. The van der Waals surface area contributed by atoms with Crippen molar-refractivity contribution in [2.24, 2.45) is 0 Å². The number of nitrogens with one attached hydrogen (secondary N) is 1. The summed E-state index contributed by atoms with van der Waals surface area (Å²) in [6.07, 6.45) is 3.21. The van der Waals surface area contributed by atoms with E-state index in [9.17, 15) is 0 Å². The summed E-state index contributed by atoms with van der Waals surface area (Å²) < 4.78 is 11.8. The minimum atomic E-state index is -0.120. The molecule has 1 heterocycles. The van der Waals surface area contributed by atoms with Crippen molar-refractivity contribution in [3.05, 3.63) is 23.8 Å². The molecule has 0 amide bonds. The van der Waals surface area contributed by atoms with Gasteiger partial charge in [-0.1, -0.05) is 13.3 Å². The van der Waals surface area contributed by atoms with E-state index in [1.165, 1.54) is 5.56 Å². The highest BCUT2D eigenvalue weighted by atomic mass is 16.5. The van der Waals surface area contributed by atoms with E-state index in [2.05, 4.69) is 32.2 Å². The van der Waals surface area contributed by atoms with Crippen LogP contribution in [0.2, 0.25) is 0 Å². The molecular formula is C16H25NO2. The third-order valence-electron chi connectivity index (χ3n) is 3.55. The maximum Gasteiger partial charge on any atom is 0.125 e. The topological polar surface area (TPSA) is 30.5 Å². The summed E-state index contributed by atoms with van der Waals surface area (Å²) in [5.74, 6) is 1.91. The summed E-state index contributed by atoms with van der Waals surface area (Å²) >= 11 is 0. The Bertz CT molecular complexity index is 429. The van der Waals surface area contributed by atoms with Crippen LogP contribution in [0.3, 0.4) is 0 Å². The molecular weight excluding hydrogens is 238 g/mol. The molecule has 1 aliphatic heterocycles. The van der Waals surface area contributed by atoms with Gasteiger partial charge in [-0.25, -0.2) is 0 Å². The van der Waals surface area contributed by atoms with E-state index in [1.807, 2.05) is 19.2 Å². The first-order chi connectivity index (χ1) is 9.05. The van der Waals surface area contributed by atoms with Crippen LogP contribution in [0.15, 0.2) is 18.2 Å². The highest BCUT2D eigenvalue weighted by Gasteiger charge is 2.33. The van der Waals surface area contributed by atoms with Gasteiger partial charge in [0, 0.05) is 18.0 Å². The van der Waals surface area contributed by atoms with Gasteiger partial charge in [0.15, 0.2) is 0 Å². The quantitative estimate of drug-likeness (QED) is 0.822. The van der Waals surface area contributed by atoms with Crippen LogP contribution in [0.1, 0.15) is 51.6 Å². The predicted molar refractivity (Wildman–Crippen MR) is 78.0 cm³/mol. The number of unbranched alkanes of at least 4 members (excludes halogenated alkanes) is 1. The fraction of sp³-hybridized carbons (Fsp3) is 0.625. The van der Waals surface area contributed by atoms with E-state index in [1.54, 1.807) is 0 Å². The smallest absolute Gasteiger partial charge is 0.125 e. The number of benzene rings is 1. The molecule has 19 heavy (non-hydrogen) atoms. The molecule has 3 heteroatoms. The highest BCUT2D eigenvalue weighted by molar-refractivity contribution is 5.44. The van der Waals surface area contributed by atoms with Gasteiger partial charge in [-0.05, 0) is 45.5 Å². The summed E-state index contributed by atoms with van der Waals surface area (Å²) in [6.45, 7) is 7.22. The van der Waals surface area contributed by atoms with Crippen LogP contribution in [-0.4, -0.2) is 19.3 Å². The van der Waals surface area contributed by atoms with Crippen molar-refractivity contribution < 1.29 is 9.47 Å². The van der Waals surface area contributed by atoms with Gasteiger partial charge in [-0.15, -0.1) is 0 Å². The second-order valence-corrected chi connectivity index (χ2v) is 5.81. The molecule has 1 N–H and O–H groups in total. The van der Waals surface area contributed by atoms with Crippen molar-refractivity contribution in [1.82, 2.24) is 5.32 Å². The SMILES string of the molecule is CCCCOc1ccc2c(c1)C(NC)CC(C)(C)O2. The van der Waals surface area contributed by atoms with Crippen molar-refractivity contribution in [2.75, 3.05) is 13.7 Å².